The predicted octanol–water partition coefficient (Wildman–Crippen LogP) is 2.89. The first-order chi connectivity index (χ1) is 1.73. The van der Waals surface area contributed by atoms with Crippen LogP contribution in [-0.4, -0.2) is 45.8 Å². The molecule has 0 heterocycles. The fourth-order valence-electron chi connectivity index (χ4n) is 0. The summed E-state index contributed by atoms with van der Waals surface area (Å²) in [5.74, 6) is 0. The second-order valence-electron chi connectivity index (χ2n) is 1.34. The number of rotatable bonds is 0. The van der Waals surface area contributed by atoms with Crippen LogP contribution in [0.1, 0.15) is 22.3 Å². The summed E-state index contributed by atoms with van der Waals surface area (Å²) in [4.78, 5) is 0. The summed E-state index contributed by atoms with van der Waals surface area (Å²) in [6, 6.07) is 0. The molecule has 0 rings (SSSR count). The van der Waals surface area contributed by atoms with Crippen LogP contribution < -0.4 is 0 Å². The normalized spacial score (nSPS) is 4.50. The third-order valence-corrected chi connectivity index (χ3v) is 0. The molecule has 0 aliphatic rings. The van der Waals surface area contributed by atoms with E-state index in [1.54, 1.807) is 0 Å². The molecule has 3 radical (unpaired) electrons. The van der Waals surface area contributed by atoms with Gasteiger partial charge < -0.3 is 0 Å². The van der Waals surface area contributed by atoms with Crippen LogP contribution in [0.2, 0.25) is 0 Å². The summed E-state index contributed by atoms with van der Waals surface area (Å²) in [5, 5.41) is 0. The molecule has 0 bridgehead atoms. The van der Waals surface area contributed by atoms with E-state index >= 15 is 0 Å². The summed E-state index contributed by atoms with van der Waals surface area (Å²) in [6.45, 7) is 6.69. The van der Waals surface area contributed by atoms with Crippen LogP contribution in [-0.2, 0) is 0 Å². The van der Waals surface area contributed by atoms with Gasteiger partial charge in [0.15, 0.2) is 0 Å². The Morgan fingerprint density at radius 3 is 0.750 bits per heavy atom. The molecule has 53 valence electrons. The summed E-state index contributed by atoms with van der Waals surface area (Å²) in [5.41, 5.74) is 0. The molecule has 0 aliphatic carbocycles. The second-order valence-corrected chi connectivity index (χ2v) is 4.02. The standard InChI is InChI=1S/C3H9P.3CH4.In/c1-4(2)3;;;;/h1-3H3;3*1H4;. The van der Waals surface area contributed by atoms with Gasteiger partial charge in [-0.05, 0) is 20.0 Å². The van der Waals surface area contributed by atoms with Crippen LogP contribution in [0.25, 0.3) is 0 Å². The van der Waals surface area contributed by atoms with Crippen molar-refractivity contribution in [3.63, 3.8) is 0 Å². The van der Waals surface area contributed by atoms with E-state index in [0.29, 0.717) is 7.92 Å². The molecular weight excluding hydrogens is 218 g/mol. The molecule has 0 unspecified atom stereocenters. The van der Waals surface area contributed by atoms with Gasteiger partial charge in [0, 0.05) is 25.8 Å². The Bertz CT molecular complexity index is 13.2. The van der Waals surface area contributed by atoms with Gasteiger partial charge in [-0.1, -0.05) is 22.3 Å². The second kappa shape index (κ2) is 23.9. The van der Waals surface area contributed by atoms with Crippen LogP contribution in [0.15, 0.2) is 0 Å². The molecule has 0 aromatic heterocycles. The first-order valence-corrected chi connectivity index (χ1v) is 4.02. The quantitative estimate of drug-likeness (QED) is 0.570. The van der Waals surface area contributed by atoms with E-state index in [0.717, 1.165) is 0 Å². The zero-order chi connectivity index (χ0) is 3.58. The molecule has 2 heteroatoms. The molecular formula is C6H21InP. The summed E-state index contributed by atoms with van der Waals surface area (Å²) < 4.78 is 0. The fraction of sp³-hybridized carbons (Fsp3) is 1.00. The topological polar surface area (TPSA) is 0 Å². The molecule has 8 heavy (non-hydrogen) atoms. The van der Waals surface area contributed by atoms with Gasteiger partial charge in [-0.25, -0.2) is 0 Å². The summed E-state index contributed by atoms with van der Waals surface area (Å²) >= 11 is 0. The van der Waals surface area contributed by atoms with Crippen molar-refractivity contribution in [2.45, 2.75) is 22.3 Å². The van der Waals surface area contributed by atoms with Crippen LogP contribution in [0.4, 0.5) is 0 Å². The largest absolute Gasteiger partial charge is 0.116 e. The number of hydrogen-bond acceptors (Lipinski definition) is 0. The zero-order valence-electron chi connectivity index (χ0n) is 4.02. The van der Waals surface area contributed by atoms with E-state index in [-0.39, 0.29) is 48.1 Å². The Hall–Kier alpha value is 1.30. The van der Waals surface area contributed by atoms with E-state index in [9.17, 15) is 0 Å². The van der Waals surface area contributed by atoms with Gasteiger partial charge in [-0.3, -0.25) is 0 Å². The molecule has 0 fully saturated rings. The van der Waals surface area contributed by atoms with Crippen LogP contribution in [0, 0.1) is 0 Å². The molecule has 0 aromatic carbocycles. The predicted molar refractivity (Wildman–Crippen MR) is 50.6 cm³/mol. The van der Waals surface area contributed by atoms with Crippen molar-refractivity contribution in [1.29, 1.82) is 0 Å². The monoisotopic (exact) mass is 239 g/mol. The van der Waals surface area contributed by atoms with E-state index in [4.69, 9.17) is 0 Å². The van der Waals surface area contributed by atoms with Crippen molar-refractivity contribution < 1.29 is 0 Å². The van der Waals surface area contributed by atoms with E-state index in [1.807, 2.05) is 0 Å². The van der Waals surface area contributed by atoms with Gasteiger partial charge in [0.1, 0.15) is 0 Å². The Labute approximate surface area is 76.0 Å². The Kier molecular flexibility index (Phi) is 104. The van der Waals surface area contributed by atoms with Gasteiger partial charge in [-0.15, -0.1) is 7.92 Å². The van der Waals surface area contributed by atoms with Gasteiger partial charge in [0.05, 0.1) is 0 Å². The summed E-state index contributed by atoms with van der Waals surface area (Å²) in [6.07, 6.45) is 0. The smallest absolute Gasteiger partial charge is 0 e. The number of hydrogen-bond donors (Lipinski definition) is 0. The van der Waals surface area contributed by atoms with Crippen molar-refractivity contribution >= 4 is 33.8 Å². The molecule has 0 amide bonds. The summed E-state index contributed by atoms with van der Waals surface area (Å²) in [7, 11) is 0.380. The Morgan fingerprint density at radius 2 is 0.750 bits per heavy atom. The van der Waals surface area contributed by atoms with Crippen LogP contribution >= 0.6 is 7.92 Å². The van der Waals surface area contributed by atoms with Crippen molar-refractivity contribution in [2.75, 3.05) is 20.0 Å². The Balaban J connectivity index is -0.00000000750. The average Bonchev–Trinajstić information content (AvgIpc) is 0.811. The molecule has 0 saturated heterocycles. The third kappa shape index (κ3) is 171. The van der Waals surface area contributed by atoms with Crippen molar-refractivity contribution in [2.24, 2.45) is 0 Å². The minimum absolute atomic E-state index is 0. The van der Waals surface area contributed by atoms with E-state index in [1.165, 1.54) is 0 Å². The van der Waals surface area contributed by atoms with Gasteiger partial charge in [0.25, 0.3) is 0 Å². The molecule has 0 atom stereocenters. The molecule has 0 aliphatic heterocycles. The molecule has 0 nitrogen and oxygen atoms in total. The molecule has 0 N–H and O–H groups in total. The minimum Gasteiger partial charge on any atom is -0.116 e. The first kappa shape index (κ1) is 34.6. The van der Waals surface area contributed by atoms with Crippen molar-refractivity contribution in [3.8, 4) is 0 Å². The zero-order valence-corrected chi connectivity index (χ0v) is 8.21. The SMILES string of the molecule is C.C.C.CP(C)C.[In]. The molecule has 0 spiro atoms. The maximum Gasteiger partial charge on any atom is 0 e. The minimum atomic E-state index is 0. The first-order valence-electron chi connectivity index (χ1n) is 1.34. The Morgan fingerprint density at radius 1 is 0.750 bits per heavy atom. The van der Waals surface area contributed by atoms with Crippen molar-refractivity contribution in [1.82, 2.24) is 0 Å². The maximum atomic E-state index is 2.23. The van der Waals surface area contributed by atoms with E-state index < -0.39 is 0 Å². The van der Waals surface area contributed by atoms with Crippen molar-refractivity contribution in [3.05, 3.63) is 0 Å². The fourth-order valence-corrected chi connectivity index (χ4v) is 0. The average molecular weight is 239 g/mol. The van der Waals surface area contributed by atoms with Gasteiger partial charge in [0.2, 0.25) is 0 Å². The van der Waals surface area contributed by atoms with E-state index in [2.05, 4.69) is 20.0 Å². The van der Waals surface area contributed by atoms with Gasteiger partial charge in [-0.2, -0.15) is 0 Å². The van der Waals surface area contributed by atoms with Crippen LogP contribution in [0.3, 0.4) is 0 Å². The third-order valence-electron chi connectivity index (χ3n) is 0. The maximum absolute atomic E-state index is 2.23. The van der Waals surface area contributed by atoms with Gasteiger partial charge >= 0.3 is 0 Å². The molecule has 0 aromatic rings. The molecule has 0 saturated carbocycles. The van der Waals surface area contributed by atoms with Crippen LogP contribution in [0.5, 0.6) is 0 Å².